The molecule has 2 aromatic rings. The first-order valence-corrected chi connectivity index (χ1v) is 12.9. The number of carbonyl (C=O) groups is 1. The summed E-state index contributed by atoms with van der Waals surface area (Å²) in [5.74, 6) is 1.42. The first-order chi connectivity index (χ1) is 18.1. The van der Waals surface area contributed by atoms with E-state index in [1.807, 2.05) is 30.2 Å². The van der Waals surface area contributed by atoms with E-state index in [4.69, 9.17) is 14.5 Å². The van der Waals surface area contributed by atoms with Gasteiger partial charge in [-0.1, -0.05) is 6.58 Å². The van der Waals surface area contributed by atoms with Crippen LogP contribution in [0.25, 0.3) is 0 Å². The van der Waals surface area contributed by atoms with Crippen molar-refractivity contribution >= 4 is 23.1 Å². The smallest absolute Gasteiger partial charge is 0.246 e. The van der Waals surface area contributed by atoms with Crippen molar-refractivity contribution in [3.05, 3.63) is 47.9 Å². The Labute approximate surface area is 216 Å². The highest BCUT2D eigenvalue weighted by molar-refractivity contribution is 5.87. The zero-order chi connectivity index (χ0) is 25.5. The lowest BCUT2D eigenvalue weighted by Gasteiger charge is -2.43. The summed E-state index contributed by atoms with van der Waals surface area (Å²) in [5.41, 5.74) is 3.93. The number of aromatic nitrogens is 2. The third-order valence-electron chi connectivity index (χ3n) is 7.87. The minimum Gasteiger partial charge on any atom is -0.481 e. The van der Waals surface area contributed by atoms with Crippen molar-refractivity contribution in [2.75, 3.05) is 62.7 Å². The Morgan fingerprint density at radius 3 is 2.84 bits per heavy atom. The molecule has 2 atom stereocenters. The fourth-order valence-corrected chi connectivity index (χ4v) is 5.82. The number of pyridine rings is 2. The lowest BCUT2D eigenvalue weighted by molar-refractivity contribution is -0.125. The van der Waals surface area contributed by atoms with Crippen molar-refractivity contribution in [1.82, 2.24) is 19.8 Å². The topological polar surface area (TPSA) is 107 Å². The number of nitriles is 1. The molecule has 0 bridgehead atoms. The molecule has 1 amide bonds. The molecule has 4 aliphatic rings. The van der Waals surface area contributed by atoms with E-state index in [1.165, 1.54) is 6.08 Å². The molecule has 0 aliphatic carbocycles. The van der Waals surface area contributed by atoms with Gasteiger partial charge in [-0.3, -0.25) is 9.69 Å². The number of nitrogens with one attached hydrogen (secondary N) is 1. The van der Waals surface area contributed by atoms with E-state index in [-0.39, 0.29) is 23.6 Å². The maximum absolute atomic E-state index is 11.9. The number of nitrogens with zero attached hydrogens (tertiary/aromatic N) is 6. The van der Waals surface area contributed by atoms with Crippen molar-refractivity contribution < 1.29 is 14.3 Å². The summed E-state index contributed by atoms with van der Waals surface area (Å²) >= 11 is 0. The zero-order valence-electron chi connectivity index (χ0n) is 21.0. The molecule has 192 valence electrons. The lowest BCUT2D eigenvalue weighted by Crippen LogP contribution is -2.52. The van der Waals surface area contributed by atoms with Gasteiger partial charge < -0.3 is 24.6 Å². The second-order valence-corrected chi connectivity index (χ2v) is 10.0. The molecule has 0 aromatic carbocycles. The summed E-state index contributed by atoms with van der Waals surface area (Å²) in [7, 11) is 0. The molecule has 37 heavy (non-hydrogen) atoms. The van der Waals surface area contributed by atoms with Gasteiger partial charge in [-0.2, -0.15) is 5.26 Å². The van der Waals surface area contributed by atoms with E-state index in [9.17, 15) is 10.1 Å². The molecule has 4 aliphatic heterocycles. The van der Waals surface area contributed by atoms with E-state index < -0.39 is 0 Å². The molecule has 1 N–H and O–H groups in total. The molecular weight excluding hydrogens is 470 g/mol. The molecule has 0 unspecified atom stereocenters. The van der Waals surface area contributed by atoms with Crippen LogP contribution in [0.2, 0.25) is 0 Å². The summed E-state index contributed by atoms with van der Waals surface area (Å²) in [4.78, 5) is 27.9. The maximum atomic E-state index is 11.9. The van der Waals surface area contributed by atoms with Crippen LogP contribution in [0, 0.1) is 11.3 Å². The first kappa shape index (κ1) is 23.7. The monoisotopic (exact) mass is 501 g/mol. The predicted molar refractivity (Wildman–Crippen MR) is 138 cm³/mol. The van der Waals surface area contributed by atoms with E-state index >= 15 is 0 Å². The fraction of sp³-hybridized carbons (Fsp3) is 0.481. The van der Waals surface area contributed by atoms with Crippen molar-refractivity contribution in [1.29, 1.82) is 5.26 Å². The summed E-state index contributed by atoms with van der Waals surface area (Å²) in [6, 6.07) is 6.63. The van der Waals surface area contributed by atoms with Crippen molar-refractivity contribution in [2.24, 2.45) is 0 Å². The van der Waals surface area contributed by atoms with Crippen molar-refractivity contribution in [3.8, 4) is 11.8 Å². The lowest BCUT2D eigenvalue weighted by atomic mass is 9.92. The number of rotatable bonds is 4. The molecule has 0 saturated carbocycles. The molecule has 10 heteroatoms. The predicted octanol–water partition coefficient (Wildman–Crippen LogP) is 2.57. The third kappa shape index (κ3) is 4.28. The van der Waals surface area contributed by atoms with Crippen molar-refractivity contribution in [3.63, 3.8) is 0 Å². The number of morpholine rings is 1. The second-order valence-electron chi connectivity index (χ2n) is 10.0. The van der Waals surface area contributed by atoms with Gasteiger partial charge in [-0.25, -0.2) is 9.97 Å². The van der Waals surface area contributed by atoms with Gasteiger partial charge in [-0.05, 0) is 31.6 Å². The average molecular weight is 502 g/mol. The van der Waals surface area contributed by atoms with Crippen molar-refractivity contribution in [2.45, 2.75) is 31.4 Å². The van der Waals surface area contributed by atoms with E-state index in [0.717, 1.165) is 74.1 Å². The number of hydrogen-bond donors (Lipinski definition) is 1. The van der Waals surface area contributed by atoms with E-state index in [0.29, 0.717) is 25.0 Å². The number of anilines is 3. The Balaban J connectivity index is 1.24. The normalized spacial score (nSPS) is 23.6. The van der Waals surface area contributed by atoms with Crippen LogP contribution in [-0.2, 0) is 9.53 Å². The molecule has 3 fully saturated rings. The van der Waals surface area contributed by atoms with Gasteiger partial charge in [0.15, 0.2) is 11.4 Å². The summed E-state index contributed by atoms with van der Waals surface area (Å²) in [6.07, 6.45) is 3.86. The molecule has 0 radical (unpaired) electrons. The van der Waals surface area contributed by atoms with Gasteiger partial charge in [0.2, 0.25) is 5.91 Å². The van der Waals surface area contributed by atoms with Crippen LogP contribution in [0.5, 0.6) is 5.75 Å². The minimum absolute atomic E-state index is 0.00312. The maximum Gasteiger partial charge on any atom is 0.246 e. The third-order valence-corrected chi connectivity index (χ3v) is 7.87. The number of amides is 1. The highest BCUT2D eigenvalue weighted by Gasteiger charge is 2.39. The molecule has 6 rings (SSSR count). The minimum atomic E-state index is -0.308. The van der Waals surface area contributed by atoms with Crippen LogP contribution in [0.4, 0.5) is 17.2 Å². The Kier molecular flexibility index (Phi) is 6.18. The van der Waals surface area contributed by atoms with Gasteiger partial charge in [0, 0.05) is 68.8 Å². The van der Waals surface area contributed by atoms with E-state index in [1.54, 1.807) is 0 Å². The van der Waals surface area contributed by atoms with Gasteiger partial charge in [0.25, 0.3) is 0 Å². The Bertz CT molecular complexity index is 1260. The molecule has 2 aromatic heterocycles. The van der Waals surface area contributed by atoms with Gasteiger partial charge in [0.1, 0.15) is 18.0 Å². The van der Waals surface area contributed by atoms with Crippen LogP contribution < -0.4 is 15.0 Å². The fourth-order valence-electron chi connectivity index (χ4n) is 5.82. The highest BCUT2D eigenvalue weighted by Crippen LogP contribution is 2.44. The Hall–Kier alpha value is -3.68. The Morgan fingerprint density at radius 2 is 2.08 bits per heavy atom. The SMILES string of the molecule is C=CC(=O)N1CC[C@@H](N2CC(c3cc4c(c(C#N)n3)O[C@H](C)c3c(N5CCOCC5)ccnc3N4)C2)C1. The van der Waals surface area contributed by atoms with Crippen LogP contribution in [0.3, 0.4) is 0 Å². The Morgan fingerprint density at radius 1 is 1.27 bits per heavy atom. The molecular formula is C27H31N7O3. The zero-order valence-corrected chi connectivity index (χ0v) is 21.0. The molecule has 10 nitrogen and oxygen atoms in total. The van der Waals surface area contributed by atoms with Gasteiger partial charge in [0.05, 0.1) is 24.5 Å². The van der Waals surface area contributed by atoms with Gasteiger partial charge >= 0.3 is 0 Å². The average Bonchev–Trinajstić information content (AvgIpc) is 3.32. The number of ether oxygens (including phenoxy) is 2. The van der Waals surface area contributed by atoms with Crippen LogP contribution in [-0.4, -0.2) is 84.2 Å². The molecule has 6 heterocycles. The van der Waals surface area contributed by atoms with Crippen LogP contribution in [0.15, 0.2) is 31.0 Å². The largest absolute Gasteiger partial charge is 0.481 e. The van der Waals surface area contributed by atoms with Gasteiger partial charge in [-0.15, -0.1) is 0 Å². The molecule has 3 saturated heterocycles. The quantitative estimate of drug-likeness (QED) is 0.633. The number of hydrogen-bond acceptors (Lipinski definition) is 9. The number of likely N-dealkylation sites (tertiary alicyclic amines) is 2. The first-order valence-electron chi connectivity index (χ1n) is 12.9. The van der Waals surface area contributed by atoms with Crippen LogP contribution in [0.1, 0.15) is 42.3 Å². The second kappa shape index (κ2) is 9.65. The summed E-state index contributed by atoms with van der Waals surface area (Å²) < 4.78 is 11.9. The summed E-state index contributed by atoms with van der Waals surface area (Å²) in [6.45, 7) is 11.8. The number of carbonyl (C=O) groups excluding carboxylic acids is 1. The standard InChI is InChI=1S/C27H31N7O3/c1-3-24(35)33-7-5-19(16-33)34-14-18(15-34)20-12-21-26(22(13-28)30-20)37-17(2)25-23(4-6-29-27(25)31-21)32-8-10-36-11-9-32/h3-4,6,12,17-19H,1,5,7-11,14-16H2,2H3,(H,29,31)/t17-,19-/m1/s1. The number of fused-ring (bicyclic) bond motifs is 2. The molecule has 0 spiro atoms. The summed E-state index contributed by atoms with van der Waals surface area (Å²) in [5, 5.41) is 13.4. The van der Waals surface area contributed by atoms with Crippen LogP contribution >= 0.6 is 0 Å². The van der Waals surface area contributed by atoms with E-state index in [2.05, 4.69) is 32.7 Å². The highest BCUT2D eigenvalue weighted by atomic mass is 16.5.